The summed E-state index contributed by atoms with van der Waals surface area (Å²) in [5.74, 6) is 0. The van der Waals surface area contributed by atoms with Crippen molar-refractivity contribution in [3.8, 4) is 44.5 Å². The van der Waals surface area contributed by atoms with Gasteiger partial charge in [0.05, 0.1) is 28.1 Å². The highest BCUT2D eigenvalue weighted by molar-refractivity contribution is 6.22. The van der Waals surface area contributed by atoms with Crippen molar-refractivity contribution in [3.63, 3.8) is 0 Å². The second kappa shape index (κ2) is 16.2. The minimum absolute atomic E-state index is 0.167. The van der Waals surface area contributed by atoms with Crippen LogP contribution in [0.3, 0.4) is 0 Å². The monoisotopic (exact) mass is 1060 g/mol. The molecular formula is C78H60N2O2. The molecule has 0 radical (unpaired) electrons. The van der Waals surface area contributed by atoms with Crippen LogP contribution in [0.25, 0.3) is 88.4 Å². The van der Waals surface area contributed by atoms with Crippen molar-refractivity contribution >= 4 is 78.0 Å². The van der Waals surface area contributed by atoms with Gasteiger partial charge in [-0.05, 0) is 145 Å². The average Bonchev–Trinajstić information content (AvgIpc) is 1.87. The molecule has 0 aliphatic heterocycles. The average molecular weight is 1060 g/mol. The SMILES string of the molecule is CC1(C)c2ccccc2-c2c(N(c3ccccc3)c3cc4c(c5c3oc3ccccc35)-c3cc5c(cc3C4(C)C)-c3c(cc(N(c4ccccc4)c4cccc6c4-c4ccccc4C6(C)C)c4c3oc3ccccc34)C5(C)C)cccc21. The highest BCUT2D eigenvalue weighted by atomic mass is 16.3. The van der Waals surface area contributed by atoms with Crippen LogP contribution in [0.5, 0.6) is 0 Å². The third-order valence-electron chi connectivity index (χ3n) is 19.8. The highest BCUT2D eigenvalue weighted by Gasteiger charge is 2.47. The third kappa shape index (κ3) is 6.01. The number of nitrogens with zero attached hydrogens (tertiary/aromatic N) is 2. The molecular weight excluding hydrogens is 997 g/mol. The zero-order valence-corrected chi connectivity index (χ0v) is 47.5. The van der Waals surface area contributed by atoms with Crippen molar-refractivity contribution in [2.45, 2.75) is 77.0 Å². The molecule has 4 nitrogen and oxygen atoms in total. The molecule has 0 atom stereocenters. The number of furan rings is 2. The minimum Gasteiger partial charge on any atom is -0.455 e. The van der Waals surface area contributed by atoms with E-state index in [-0.39, 0.29) is 10.8 Å². The van der Waals surface area contributed by atoms with Crippen molar-refractivity contribution in [1.29, 1.82) is 0 Å². The van der Waals surface area contributed by atoms with Gasteiger partial charge in [0, 0.05) is 65.9 Å². The lowest BCUT2D eigenvalue weighted by molar-refractivity contribution is 0.649. The first-order valence-electron chi connectivity index (χ1n) is 29.1. The van der Waals surface area contributed by atoms with E-state index in [4.69, 9.17) is 8.83 Å². The molecule has 0 spiro atoms. The first-order valence-corrected chi connectivity index (χ1v) is 29.1. The molecule has 0 bridgehead atoms. The Kier molecular flexibility index (Phi) is 9.35. The predicted molar refractivity (Wildman–Crippen MR) is 341 cm³/mol. The van der Waals surface area contributed by atoms with Crippen molar-refractivity contribution in [3.05, 3.63) is 263 Å². The topological polar surface area (TPSA) is 32.8 Å². The van der Waals surface area contributed by atoms with Crippen LogP contribution in [0.4, 0.5) is 34.1 Å². The van der Waals surface area contributed by atoms with E-state index in [9.17, 15) is 0 Å². The Bertz CT molecular complexity index is 4930. The summed E-state index contributed by atoms with van der Waals surface area (Å²) in [6.07, 6.45) is 0. The number of para-hydroxylation sites is 4. The Morgan fingerprint density at radius 2 is 0.671 bits per heavy atom. The molecule has 82 heavy (non-hydrogen) atoms. The summed E-state index contributed by atoms with van der Waals surface area (Å²) < 4.78 is 14.7. The van der Waals surface area contributed by atoms with Crippen LogP contribution >= 0.6 is 0 Å². The largest absolute Gasteiger partial charge is 0.455 e. The van der Waals surface area contributed by atoms with Crippen LogP contribution in [0, 0.1) is 0 Å². The summed E-state index contributed by atoms with van der Waals surface area (Å²) in [4.78, 5) is 5.01. The van der Waals surface area contributed by atoms with Crippen LogP contribution in [-0.4, -0.2) is 0 Å². The van der Waals surface area contributed by atoms with Crippen LogP contribution in [0.2, 0.25) is 0 Å². The van der Waals surface area contributed by atoms with Gasteiger partial charge in [0.1, 0.15) is 16.7 Å². The number of anilines is 6. The summed E-state index contributed by atoms with van der Waals surface area (Å²) in [7, 11) is 0. The first-order chi connectivity index (χ1) is 39.7. The normalized spacial score (nSPS) is 15.7. The number of rotatable bonds is 6. The standard InChI is InChI=1S/C78H60N2O2/c1-75(2)53-33-19-15-29-47(53)67-55(75)35-23-37-61(67)79(45-25-11-9-12-26-45)63-43-60-70(74-71(63)49-31-17-21-39-65(49)82-74)52-42-57-51(41-58(52)78(60,7)8)69-59(77(57,5)6)44-64(73-72(69)50-32-18-22-40-66(50)81-73)80(46-27-13-10-14-28-46)62-38-24-36-56-68(62)48-30-16-20-34-54(48)76(56,3)4/h9-44H,1-8H3. The second-order valence-electron chi connectivity index (χ2n) is 25.5. The fourth-order valence-corrected chi connectivity index (χ4v) is 15.8. The summed E-state index contributed by atoms with van der Waals surface area (Å²) in [5, 5.41) is 4.49. The Hall–Kier alpha value is -9.38. The van der Waals surface area contributed by atoms with Crippen LogP contribution < -0.4 is 9.80 Å². The summed E-state index contributed by atoms with van der Waals surface area (Å²) in [6, 6.07) is 81.1. The molecule has 2 heterocycles. The van der Waals surface area contributed by atoms with Crippen molar-refractivity contribution in [2.24, 2.45) is 0 Å². The van der Waals surface area contributed by atoms with E-state index in [1.807, 2.05) is 0 Å². The Balaban J connectivity index is 0.918. The van der Waals surface area contributed by atoms with Gasteiger partial charge in [-0.3, -0.25) is 0 Å². The smallest absolute Gasteiger partial charge is 0.160 e. The number of fused-ring (bicyclic) bond motifs is 20. The highest BCUT2D eigenvalue weighted by Crippen LogP contribution is 2.64. The molecule has 0 amide bonds. The molecule has 0 unspecified atom stereocenters. The molecule has 4 heteroatoms. The molecule has 4 aliphatic carbocycles. The lowest BCUT2D eigenvalue weighted by atomic mass is 9.79. The molecule has 394 valence electrons. The van der Waals surface area contributed by atoms with Gasteiger partial charge < -0.3 is 18.6 Å². The van der Waals surface area contributed by atoms with E-state index in [2.05, 4.69) is 284 Å². The van der Waals surface area contributed by atoms with Gasteiger partial charge in [-0.2, -0.15) is 0 Å². The lowest BCUT2D eigenvalue weighted by Crippen LogP contribution is -2.18. The first kappa shape index (κ1) is 47.4. The fraction of sp³-hybridized carbons (Fsp3) is 0.154. The van der Waals surface area contributed by atoms with E-state index in [0.717, 1.165) is 78.0 Å². The van der Waals surface area contributed by atoms with Gasteiger partial charge >= 0.3 is 0 Å². The maximum Gasteiger partial charge on any atom is 0.160 e. The fourth-order valence-electron chi connectivity index (χ4n) is 15.8. The molecule has 13 aromatic rings. The van der Waals surface area contributed by atoms with Crippen molar-refractivity contribution in [1.82, 2.24) is 0 Å². The number of benzene rings is 11. The lowest BCUT2D eigenvalue weighted by Gasteiger charge is -2.31. The quantitative estimate of drug-likeness (QED) is 0.166. The Morgan fingerprint density at radius 3 is 1.22 bits per heavy atom. The predicted octanol–water partition coefficient (Wildman–Crippen LogP) is 21.7. The van der Waals surface area contributed by atoms with E-state index in [1.165, 1.54) is 89.0 Å². The van der Waals surface area contributed by atoms with Gasteiger partial charge in [0.25, 0.3) is 0 Å². The van der Waals surface area contributed by atoms with E-state index in [0.29, 0.717) is 0 Å². The van der Waals surface area contributed by atoms with Crippen LogP contribution in [0.15, 0.2) is 227 Å². The molecule has 0 N–H and O–H groups in total. The maximum absolute atomic E-state index is 7.37. The molecule has 11 aromatic carbocycles. The van der Waals surface area contributed by atoms with Gasteiger partial charge in [0.2, 0.25) is 0 Å². The zero-order chi connectivity index (χ0) is 55.3. The summed E-state index contributed by atoms with van der Waals surface area (Å²) in [6.45, 7) is 19.2. The Labute approximate surface area is 478 Å². The van der Waals surface area contributed by atoms with Gasteiger partial charge in [-0.1, -0.05) is 201 Å². The van der Waals surface area contributed by atoms with Crippen molar-refractivity contribution in [2.75, 3.05) is 9.80 Å². The molecule has 0 saturated heterocycles. The summed E-state index contributed by atoms with van der Waals surface area (Å²) >= 11 is 0. The Morgan fingerprint density at radius 1 is 0.268 bits per heavy atom. The van der Waals surface area contributed by atoms with Crippen molar-refractivity contribution < 1.29 is 8.83 Å². The molecule has 0 saturated carbocycles. The third-order valence-corrected chi connectivity index (χ3v) is 19.8. The second-order valence-corrected chi connectivity index (χ2v) is 25.5. The molecule has 17 rings (SSSR count). The maximum atomic E-state index is 7.37. The van der Waals surface area contributed by atoms with Crippen LogP contribution in [-0.2, 0) is 21.7 Å². The molecule has 0 fully saturated rings. The zero-order valence-electron chi connectivity index (χ0n) is 47.5. The van der Waals surface area contributed by atoms with E-state index < -0.39 is 10.8 Å². The van der Waals surface area contributed by atoms with E-state index in [1.54, 1.807) is 0 Å². The van der Waals surface area contributed by atoms with E-state index >= 15 is 0 Å². The summed E-state index contributed by atoms with van der Waals surface area (Å²) in [5.41, 5.74) is 29.6. The van der Waals surface area contributed by atoms with Gasteiger partial charge in [0.15, 0.2) is 5.58 Å². The number of hydrogen-bond donors (Lipinski definition) is 0. The van der Waals surface area contributed by atoms with Gasteiger partial charge in [-0.25, -0.2) is 0 Å². The molecule has 2 aromatic heterocycles. The molecule has 4 aliphatic rings. The number of hydrogen-bond acceptors (Lipinski definition) is 4. The minimum atomic E-state index is -0.427. The van der Waals surface area contributed by atoms with Crippen LogP contribution in [0.1, 0.15) is 99.9 Å². The van der Waals surface area contributed by atoms with Gasteiger partial charge in [-0.15, -0.1) is 0 Å².